The van der Waals surface area contributed by atoms with E-state index in [0.29, 0.717) is 0 Å². The first-order chi connectivity index (χ1) is 5.67. The molecule has 0 N–H and O–H groups in total. The van der Waals surface area contributed by atoms with Crippen molar-refractivity contribution in [2.24, 2.45) is 0 Å². The van der Waals surface area contributed by atoms with Crippen molar-refractivity contribution < 1.29 is 13.6 Å². The summed E-state index contributed by atoms with van der Waals surface area (Å²) in [6.07, 6.45) is 2.97. The standard InChI is InChI=1S/C8H7BrF2O/c1-2-3-7(9)6(5-12)8(11)4-10/h2-3,5H,1,4H2. The number of rotatable bonds is 4. The molecule has 0 saturated carbocycles. The quantitative estimate of drug-likeness (QED) is 0.417. The lowest BCUT2D eigenvalue weighted by Gasteiger charge is -1.97. The van der Waals surface area contributed by atoms with Gasteiger partial charge in [0.2, 0.25) is 0 Å². The van der Waals surface area contributed by atoms with Crippen molar-refractivity contribution in [3.8, 4) is 0 Å². The van der Waals surface area contributed by atoms with E-state index in [9.17, 15) is 13.6 Å². The Morgan fingerprint density at radius 2 is 2.17 bits per heavy atom. The summed E-state index contributed by atoms with van der Waals surface area (Å²) < 4.78 is 24.5. The molecule has 0 aromatic carbocycles. The van der Waals surface area contributed by atoms with E-state index in [0.717, 1.165) is 0 Å². The van der Waals surface area contributed by atoms with Crippen LogP contribution in [0.5, 0.6) is 0 Å². The summed E-state index contributed by atoms with van der Waals surface area (Å²) in [5, 5.41) is 0. The molecule has 0 unspecified atom stereocenters. The van der Waals surface area contributed by atoms with Gasteiger partial charge in [-0.25, -0.2) is 8.78 Å². The lowest BCUT2D eigenvalue weighted by atomic mass is 10.2. The number of alkyl halides is 1. The average molecular weight is 237 g/mol. The van der Waals surface area contributed by atoms with Gasteiger partial charge in [0.1, 0.15) is 12.5 Å². The Labute approximate surface area is 77.6 Å². The summed E-state index contributed by atoms with van der Waals surface area (Å²) in [6, 6.07) is 0. The Balaban J connectivity index is 4.90. The molecular formula is C8H7BrF2O. The molecule has 0 radical (unpaired) electrons. The van der Waals surface area contributed by atoms with Gasteiger partial charge in [-0.2, -0.15) is 0 Å². The molecule has 0 aliphatic rings. The molecule has 0 aliphatic carbocycles. The summed E-state index contributed by atoms with van der Waals surface area (Å²) in [7, 11) is 0. The molecule has 1 nitrogen and oxygen atoms in total. The van der Waals surface area contributed by atoms with Gasteiger partial charge in [0, 0.05) is 4.48 Å². The molecule has 0 aliphatic heterocycles. The molecule has 0 amide bonds. The number of hydrogen-bond acceptors (Lipinski definition) is 1. The first kappa shape index (κ1) is 11.2. The molecule has 0 bridgehead atoms. The van der Waals surface area contributed by atoms with Gasteiger partial charge >= 0.3 is 0 Å². The summed E-state index contributed by atoms with van der Waals surface area (Å²) >= 11 is 2.90. The van der Waals surface area contributed by atoms with Crippen molar-refractivity contribution in [2.75, 3.05) is 6.67 Å². The van der Waals surface area contributed by atoms with Crippen molar-refractivity contribution in [1.82, 2.24) is 0 Å². The zero-order valence-electron chi connectivity index (χ0n) is 6.19. The average Bonchev–Trinajstić information content (AvgIpc) is 2.06. The number of hydrogen-bond donors (Lipinski definition) is 0. The molecule has 66 valence electrons. The topological polar surface area (TPSA) is 17.1 Å². The van der Waals surface area contributed by atoms with Crippen molar-refractivity contribution in [1.29, 1.82) is 0 Å². The largest absolute Gasteiger partial charge is 0.298 e. The second-order valence-corrected chi connectivity index (χ2v) is 2.67. The van der Waals surface area contributed by atoms with E-state index < -0.39 is 12.5 Å². The molecular weight excluding hydrogens is 230 g/mol. The van der Waals surface area contributed by atoms with E-state index in [1.807, 2.05) is 0 Å². The van der Waals surface area contributed by atoms with E-state index in [1.54, 1.807) is 0 Å². The maximum absolute atomic E-state index is 12.5. The highest BCUT2D eigenvalue weighted by Gasteiger charge is 2.07. The molecule has 0 aromatic heterocycles. The fourth-order valence-corrected chi connectivity index (χ4v) is 1.01. The van der Waals surface area contributed by atoms with Crippen LogP contribution in [-0.4, -0.2) is 13.0 Å². The van der Waals surface area contributed by atoms with Gasteiger partial charge < -0.3 is 0 Å². The van der Waals surface area contributed by atoms with Crippen LogP contribution in [0, 0.1) is 0 Å². The van der Waals surface area contributed by atoms with E-state index in [-0.39, 0.29) is 16.3 Å². The monoisotopic (exact) mass is 236 g/mol. The molecule has 0 rings (SSSR count). The molecule has 0 spiro atoms. The van der Waals surface area contributed by atoms with Gasteiger partial charge in [-0.05, 0) is 22.0 Å². The van der Waals surface area contributed by atoms with Gasteiger partial charge in [-0.1, -0.05) is 12.7 Å². The first-order valence-electron chi connectivity index (χ1n) is 3.05. The predicted octanol–water partition coefficient (Wildman–Crippen LogP) is 2.84. The van der Waals surface area contributed by atoms with Crippen LogP contribution in [0.2, 0.25) is 0 Å². The fraction of sp³-hybridized carbons (Fsp3) is 0.125. The zero-order chi connectivity index (χ0) is 9.56. The highest BCUT2D eigenvalue weighted by atomic mass is 79.9. The zero-order valence-corrected chi connectivity index (χ0v) is 7.77. The van der Waals surface area contributed by atoms with E-state index in [4.69, 9.17) is 0 Å². The van der Waals surface area contributed by atoms with Crippen LogP contribution in [0.1, 0.15) is 0 Å². The summed E-state index contributed by atoms with van der Waals surface area (Å²) in [5.41, 5.74) is -0.322. The molecule has 12 heavy (non-hydrogen) atoms. The Morgan fingerprint density at radius 3 is 2.50 bits per heavy atom. The molecule has 4 heteroatoms. The minimum atomic E-state index is -1.28. The second kappa shape index (κ2) is 5.83. The number of carbonyl (C=O) groups is 1. The minimum absolute atomic E-state index is 0.183. The number of halogens is 3. The van der Waals surface area contributed by atoms with Crippen LogP contribution < -0.4 is 0 Å². The van der Waals surface area contributed by atoms with E-state index >= 15 is 0 Å². The Kier molecular flexibility index (Phi) is 5.45. The van der Waals surface area contributed by atoms with Crippen molar-refractivity contribution in [3.63, 3.8) is 0 Å². The van der Waals surface area contributed by atoms with E-state index in [1.165, 1.54) is 12.2 Å². The van der Waals surface area contributed by atoms with Gasteiger partial charge in [0.15, 0.2) is 6.29 Å². The molecule has 0 fully saturated rings. The third-order valence-corrected chi connectivity index (χ3v) is 1.74. The molecule has 0 saturated heterocycles. The van der Waals surface area contributed by atoms with Gasteiger partial charge in [0.25, 0.3) is 0 Å². The lowest BCUT2D eigenvalue weighted by Crippen LogP contribution is -1.91. The number of carbonyl (C=O) groups excluding carboxylic acids is 1. The smallest absolute Gasteiger partial charge is 0.153 e. The lowest BCUT2D eigenvalue weighted by molar-refractivity contribution is -0.104. The van der Waals surface area contributed by atoms with Crippen LogP contribution in [0.15, 0.2) is 34.6 Å². The van der Waals surface area contributed by atoms with Crippen molar-refractivity contribution in [2.45, 2.75) is 0 Å². The third-order valence-electron chi connectivity index (χ3n) is 1.05. The highest BCUT2D eigenvalue weighted by molar-refractivity contribution is 9.12. The predicted molar refractivity (Wildman–Crippen MR) is 47.4 cm³/mol. The summed E-state index contributed by atoms with van der Waals surface area (Å²) in [4.78, 5) is 10.3. The molecule has 0 atom stereocenters. The van der Waals surface area contributed by atoms with Gasteiger partial charge in [-0.15, -0.1) is 0 Å². The fourth-order valence-electron chi connectivity index (χ4n) is 0.515. The Morgan fingerprint density at radius 1 is 1.58 bits per heavy atom. The van der Waals surface area contributed by atoms with Gasteiger partial charge in [0.05, 0.1) is 5.57 Å². The SMILES string of the molecule is C=CC=C(Br)C(C=O)=C(F)CF. The van der Waals surface area contributed by atoms with Gasteiger partial charge in [-0.3, -0.25) is 4.79 Å². The normalized spacial score (nSPS) is 13.8. The van der Waals surface area contributed by atoms with Crippen LogP contribution in [-0.2, 0) is 4.79 Å². The first-order valence-corrected chi connectivity index (χ1v) is 3.85. The second-order valence-electron chi connectivity index (χ2n) is 1.82. The number of allylic oxidation sites excluding steroid dienone is 5. The summed E-state index contributed by atoms with van der Waals surface area (Å²) in [5.74, 6) is -1.09. The maximum Gasteiger partial charge on any atom is 0.153 e. The van der Waals surface area contributed by atoms with Crippen LogP contribution >= 0.6 is 15.9 Å². The van der Waals surface area contributed by atoms with Crippen molar-refractivity contribution >= 4 is 22.2 Å². The third kappa shape index (κ3) is 3.09. The summed E-state index contributed by atoms with van der Waals surface area (Å²) in [6.45, 7) is 2.06. The van der Waals surface area contributed by atoms with Crippen LogP contribution in [0.4, 0.5) is 8.78 Å². The van der Waals surface area contributed by atoms with Crippen LogP contribution in [0.3, 0.4) is 0 Å². The maximum atomic E-state index is 12.5. The Bertz CT molecular complexity index is 243. The molecule has 0 aromatic rings. The highest BCUT2D eigenvalue weighted by Crippen LogP contribution is 2.20. The number of aldehydes is 1. The Hall–Kier alpha value is -0.770. The van der Waals surface area contributed by atoms with E-state index in [2.05, 4.69) is 22.5 Å². The molecule has 0 heterocycles. The van der Waals surface area contributed by atoms with Crippen molar-refractivity contribution in [3.05, 3.63) is 34.6 Å². The van der Waals surface area contributed by atoms with Crippen LogP contribution in [0.25, 0.3) is 0 Å². The minimum Gasteiger partial charge on any atom is -0.298 e.